The van der Waals surface area contributed by atoms with Crippen LogP contribution in [0, 0.1) is 0 Å². The second kappa shape index (κ2) is 10.0. The molecule has 0 aromatic heterocycles. The van der Waals surface area contributed by atoms with Gasteiger partial charge in [0.2, 0.25) is 17.7 Å². The van der Waals surface area contributed by atoms with Gasteiger partial charge in [0.15, 0.2) is 0 Å². The topological polar surface area (TPSA) is 151 Å². The fraction of sp³-hybridized carbons (Fsp3) is 0.375. The number of hydrogen-bond donors (Lipinski definition) is 5. The maximum atomic E-state index is 11.8. The summed E-state index contributed by atoms with van der Waals surface area (Å²) in [6.07, 6.45) is 0.337. The Hall–Kier alpha value is -2.94. The van der Waals surface area contributed by atoms with Crippen LogP contribution in [0.2, 0.25) is 0 Å². The Bertz CT molecular complexity index is 620. The van der Waals surface area contributed by atoms with Gasteiger partial charge in [-0.2, -0.15) is 0 Å². The third-order valence-electron chi connectivity index (χ3n) is 3.25. The number of aliphatic carboxylic acids is 1. The molecule has 0 aliphatic rings. The second-order valence-electron chi connectivity index (χ2n) is 5.42. The third kappa shape index (κ3) is 7.93. The highest BCUT2D eigenvalue weighted by molar-refractivity contribution is 5.90. The highest BCUT2D eigenvalue weighted by atomic mass is 16.4. The molecule has 0 saturated heterocycles. The quantitative estimate of drug-likeness (QED) is 0.361. The minimum Gasteiger partial charge on any atom is -0.480 e. The van der Waals surface area contributed by atoms with Crippen LogP contribution in [0.1, 0.15) is 12.5 Å². The highest BCUT2D eigenvalue weighted by Gasteiger charge is 2.16. The van der Waals surface area contributed by atoms with E-state index in [1.807, 2.05) is 30.3 Å². The van der Waals surface area contributed by atoms with E-state index in [0.29, 0.717) is 6.42 Å². The van der Waals surface area contributed by atoms with Crippen molar-refractivity contribution < 1.29 is 24.3 Å². The number of nitrogens with one attached hydrogen (secondary N) is 3. The van der Waals surface area contributed by atoms with Crippen molar-refractivity contribution in [1.82, 2.24) is 16.0 Å². The molecule has 0 heterocycles. The van der Waals surface area contributed by atoms with Crippen LogP contribution in [0.5, 0.6) is 0 Å². The molecule has 3 amide bonds. The molecule has 2 unspecified atom stereocenters. The maximum Gasteiger partial charge on any atom is 0.325 e. The number of carbonyl (C=O) groups is 4. The molecule has 1 aromatic carbocycles. The third-order valence-corrected chi connectivity index (χ3v) is 3.25. The van der Waals surface area contributed by atoms with Gasteiger partial charge in [-0.15, -0.1) is 0 Å². The Kier molecular flexibility index (Phi) is 8.07. The number of carboxylic acid groups (broad SMARTS) is 1. The molecule has 0 fully saturated rings. The molecular formula is C16H22N4O5. The monoisotopic (exact) mass is 350 g/mol. The normalized spacial score (nSPS) is 12.6. The number of carbonyl (C=O) groups excluding carboxylic acids is 3. The van der Waals surface area contributed by atoms with Crippen molar-refractivity contribution >= 4 is 23.7 Å². The lowest BCUT2D eigenvalue weighted by atomic mass is 10.1. The maximum absolute atomic E-state index is 11.8. The molecule has 9 heteroatoms. The van der Waals surface area contributed by atoms with Crippen LogP contribution in [0.25, 0.3) is 0 Å². The lowest BCUT2D eigenvalue weighted by molar-refractivity contribution is -0.141. The number of hydrogen-bond acceptors (Lipinski definition) is 5. The van der Waals surface area contributed by atoms with Gasteiger partial charge in [-0.05, 0) is 18.9 Å². The van der Waals surface area contributed by atoms with Gasteiger partial charge in [0, 0.05) is 0 Å². The standard InChI is InChI=1S/C16H22N4O5/c1-10(16(24)25)20-14(22)9-18-13(21)8-19-15(23)12(17)7-11-5-3-2-4-6-11/h2-6,10,12H,7-9,17H2,1H3,(H,18,21)(H,19,23)(H,20,22)(H,24,25). The Morgan fingerprint density at radius 1 is 1.04 bits per heavy atom. The number of amides is 3. The minimum absolute atomic E-state index is 0.330. The smallest absolute Gasteiger partial charge is 0.325 e. The van der Waals surface area contributed by atoms with Gasteiger partial charge >= 0.3 is 5.97 Å². The fourth-order valence-electron chi connectivity index (χ4n) is 1.85. The van der Waals surface area contributed by atoms with Gasteiger partial charge in [-0.3, -0.25) is 19.2 Å². The predicted octanol–water partition coefficient (Wildman–Crippen LogP) is -1.62. The van der Waals surface area contributed by atoms with Crippen LogP contribution in [0.3, 0.4) is 0 Å². The Morgan fingerprint density at radius 3 is 2.24 bits per heavy atom. The van der Waals surface area contributed by atoms with E-state index in [2.05, 4.69) is 16.0 Å². The first-order valence-corrected chi connectivity index (χ1v) is 7.65. The van der Waals surface area contributed by atoms with E-state index < -0.39 is 35.8 Å². The first-order valence-electron chi connectivity index (χ1n) is 7.65. The van der Waals surface area contributed by atoms with E-state index in [1.54, 1.807) is 0 Å². The summed E-state index contributed by atoms with van der Waals surface area (Å²) >= 11 is 0. The van der Waals surface area contributed by atoms with Gasteiger partial charge in [-0.1, -0.05) is 30.3 Å². The minimum atomic E-state index is -1.18. The lowest BCUT2D eigenvalue weighted by Gasteiger charge is -2.13. The van der Waals surface area contributed by atoms with Crippen molar-refractivity contribution in [3.05, 3.63) is 35.9 Å². The van der Waals surface area contributed by atoms with Crippen molar-refractivity contribution in [2.45, 2.75) is 25.4 Å². The van der Waals surface area contributed by atoms with Crippen LogP contribution < -0.4 is 21.7 Å². The van der Waals surface area contributed by atoms with E-state index in [9.17, 15) is 19.2 Å². The van der Waals surface area contributed by atoms with Crippen molar-refractivity contribution in [2.24, 2.45) is 5.73 Å². The zero-order valence-electron chi connectivity index (χ0n) is 13.8. The van der Waals surface area contributed by atoms with Crippen LogP contribution >= 0.6 is 0 Å². The first kappa shape index (κ1) is 20.1. The molecule has 6 N–H and O–H groups in total. The van der Waals surface area contributed by atoms with Gasteiger partial charge in [0.25, 0.3) is 0 Å². The summed E-state index contributed by atoms with van der Waals surface area (Å²) in [5, 5.41) is 15.5. The molecular weight excluding hydrogens is 328 g/mol. The van der Waals surface area contributed by atoms with Crippen molar-refractivity contribution in [1.29, 1.82) is 0 Å². The van der Waals surface area contributed by atoms with Gasteiger partial charge in [0.1, 0.15) is 6.04 Å². The molecule has 0 aliphatic heterocycles. The molecule has 25 heavy (non-hydrogen) atoms. The zero-order valence-corrected chi connectivity index (χ0v) is 13.8. The summed E-state index contributed by atoms with van der Waals surface area (Å²) in [5.41, 5.74) is 6.68. The SMILES string of the molecule is CC(NC(=O)CNC(=O)CNC(=O)C(N)Cc1ccccc1)C(=O)O. The molecule has 136 valence electrons. The molecule has 1 aromatic rings. The largest absolute Gasteiger partial charge is 0.480 e. The molecule has 0 spiro atoms. The summed E-state index contributed by atoms with van der Waals surface area (Å²) in [6.45, 7) is 0.585. The van der Waals surface area contributed by atoms with Crippen LogP contribution in [-0.4, -0.2) is 54.0 Å². The number of rotatable bonds is 9. The molecule has 0 saturated carbocycles. The number of benzene rings is 1. The van der Waals surface area contributed by atoms with E-state index >= 15 is 0 Å². The van der Waals surface area contributed by atoms with Gasteiger partial charge < -0.3 is 26.8 Å². The van der Waals surface area contributed by atoms with Crippen LogP contribution in [0.15, 0.2) is 30.3 Å². The summed E-state index contributed by atoms with van der Waals surface area (Å²) in [7, 11) is 0. The summed E-state index contributed by atoms with van der Waals surface area (Å²) in [6, 6.07) is 7.36. The van der Waals surface area contributed by atoms with Crippen molar-refractivity contribution in [3.8, 4) is 0 Å². The van der Waals surface area contributed by atoms with E-state index in [1.165, 1.54) is 6.92 Å². The summed E-state index contributed by atoms with van der Waals surface area (Å²) < 4.78 is 0. The average molecular weight is 350 g/mol. The summed E-state index contributed by atoms with van der Waals surface area (Å²) in [4.78, 5) is 45.4. The predicted molar refractivity (Wildman–Crippen MR) is 89.4 cm³/mol. The Balaban J connectivity index is 2.27. The molecule has 0 radical (unpaired) electrons. The average Bonchev–Trinajstić information content (AvgIpc) is 2.58. The van der Waals surface area contributed by atoms with E-state index in [0.717, 1.165) is 5.56 Å². The summed E-state index contributed by atoms with van der Waals surface area (Å²) in [5.74, 6) is -2.89. The molecule has 2 atom stereocenters. The van der Waals surface area contributed by atoms with Gasteiger partial charge in [0.05, 0.1) is 19.1 Å². The second-order valence-corrected chi connectivity index (χ2v) is 5.42. The molecule has 0 bridgehead atoms. The molecule has 1 rings (SSSR count). The molecule has 0 aliphatic carbocycles. The Labute approximate surface area is 145 Å². The zero-order chi connectivity index (χ0) is 18.8. The lowest BCUT2D eigenvalue weighted by Crippen LogP contribution is -2.48. The highest BCUT2D eigenvalue weighted by Crippen LogP contribution is 2.01. The van der Waals surface area contributed by atoms with Crippen LogP contribution in [-0.2, 0) is 25.6 Å². The Morgan fingerprint density at radius 2 is 1.64 bits per heavy atom. The number of carboxylic acids is 1. The number of nitrogens with two attached hydrogens (primary N) is 1. The first-order chi connectivity index (χ1) is 11.8. The van der Waals surface area contributed by atoms with E-state index in [-0.39, 0.29) is 13.1 Å². The van der Waals surface area contributed by atoms with Gasteiger partial charge in [-0.25, -0.2) is 0 Å². The van der Waals surface area contributed by atoms with Crippen molar-refractivity contribution in [3.63, 3.8) is 0 Å². The molecule has 9 nitrogen and oxygen atoms in total. The van der Waals surface area contributed by atoms with Crippen LogP contribution in [0.4, 0.5) is 0 Å². The fourth-order valence-corrected chi connectivity index (χ4v) is 1.85. The van der Waals surface area contributed by atoms with Crippen molar-refractivity contribution in [2.75, 3.05) is 13.1 Å². The van der Waals surface area contributed by atoms with E-state index in [4.69, 9.17) is 10.8 Å².